The van der Waals surface area contributed by atoms with Crippen molar-refractivity contribution in [2.45, 2.75) is 62.4 Å². The second-order valence-corrected chi connectivity index (χ2v) is 9.72. The van der Waals surface area contributed by atoms with E-state index in [2.05, 4.69) is 10.8 Å². The first-order valence-electron chi connectivity index (χ1n) is 10.2. The molecule has 31 heavy (non-hydrogen) atoms. The predicted molar refractivity (Wildman–Crippen MR) is 111 cm³/mol. The number of halogens is 1. The van der Waals surface area contributed by atoms with Crippen LogP contribution in [0.4, 0.5) is 4.39 Å². The number of carbonyl (C=O) groups excluding carboxylic acids is 2. The summed E-state index contributed by atoms with van der Waals surface area (Å²) in [7, 11) is -2.82. The predicted octanol–water partition coefficient (Wildman–Crippen LogP) is 2.36. The number of likely N-dealkylation sites (N-methyl/N-ethyl adjacent to an activating group) is 1. The largest absolute Gasteiger partial charge is 0.454 e. The first-order chi connectivity index (χ1) is 14.5. The molecule has 1 aromatic carbocycles. The van der Waals surface area contributed by atoms with E-state index in [9.17, 15) is 27.7 Å². The highest BCUT2D eigenvalue weighted by Gasteiger charge is 2.39. The zero-order valence-electron chi connectivity index (χ0n) is 17.9. The molecule has 1 aliphatic rings. The number of hydrogen-bond donors (Lipinski definition) is 1. The van der Waals surface area contributed by atoms with Gasteiger partial charge in [0, 0.05) is 7.05 Å². The van der Waals surface area contributed by atoms with E-state index in [0.717, 1.165) is 31.4 Å². The molecule has 1 N–H and O–H groups in total. The molecule has 2 rings (SSSR count). The van der Waals surface area contributed by atoms with Gasteiger partial charge in [-0.25, -0.2) is 12.8 Å². The Morgan fingerprint density at radius 1 is 1.26 bits per heavy atom. The molecule has 0 bridgehead atoms. The molecule has 0 saturated heterocycles. The summed E-state index contributed by atoms with van der Waals surface area (Å²) in [5.74, 6) is -2.97. The number of carbonyl (C=O) groups is 2. The Morgan fingerprint density at radius 3 is 2.42 bits per heavy atom. The minimum Gasteiger partial charge on any atom is -0.454 e. The van der Waals surface area contributed by atoms with E-state index in [-0.39, 0.29) is 0 Å². The van der Waals surface area contributed by atoms with Crippen LogP contribution in [0.2, 0.25) is 0 Å². The van der Waals surface area contributed by atoms with E-state index in [1.807, 2.05) is 0 Å². The third kappa shape index (κ3) is 5.80. The van der Waals surface area contributed by atoms with E-state index >= 15 is 0 Å². The molecule has 0 aromatic heterocycles. The summed E-state index contributed by atoms with van der Waals surface area (Å²) in [4.78, 5) is 25.8. The lowest BCUT2D eigenvalue weighted by Crippen LogP contribution is -2.52. The molecule has 1 aromatic rings. The standard InChI is InChI=1S/C21H28FN3O5S/c1-15(2)19(24-31(28,29)17-10-6-5-9-16(17)22)20(27)30-13-18(26)25(3)21(14-23)11-7-4-8-12-21/h5-6,9-10,15,19,24H,4,7-8,11-13H2,1-3H3/t19-/m0/s1. The van der Waals surface area contributed by atoms with Crippen LogP contribution < -0.4 is 4.72 Å². The summed E-state index contributed by atoms with van der Waals surface area (Å²) >= 11 is 0. The SMILES string of the molecule is CC(C)[C@H](NS(=O)(=O)c1ccccc1F)C(=O)OCC(=O)N(C)C1(C#N)CCCCC1. The fourth-order valence-corrected chi connectivity index (χ4v) is 4.98. The zero-order chi connectivity index (χ0) is 23.2. The summed E-state index contributed by atoms with van der Waals surface area (Å²) in [5, 5.41) is 9.60. The summed E-state index contributed by atoms with van der Waals surface area (Å²) < 4.78 is 46.2. The molecule has 1 fully saturated rings. The smallest absolute Gasteiger partial charge is 0.324 e. The van der Waals surface area contributed by atoms with Crippen LogP contribution in [0.5, 0.6) is 0 Å². The van der Waals surface area contributed by atoms with Crippen LogP contribution in [0.15, 0.2) is 29.2 Å². The molecule has 0 unspecified atom stereocenters. The summed E-state index contributed by atoms with van der Waals surface area (Å²) in [6.07, 6.45) is 3.77. The van der Waals surface area contributed by atoms with E-state index in [1.54, 1.807) is 13.8 Å². The van der Waals surface area contributed by atoms with Crippen molar-refractivity contribution in [2.75, 3.05) is 13.7 Å². The van der Waals surface area contributed by atoms with Crippen LogP contribution in [0.1, 0.15) is 46.0 Å². The highest BCUT2D eigenvalue weighted by molar-refractivity contribution is 7.89. The van der Waals surface area contributed by atoms with Gasteiger partial charge < -0.3 is 9.64 Å². The summed E-state index contributed by atoms with van der Waals surface area (Å²) in [5.41, 5.74) is -0.925. The Labute approximate surface area is 182 Å². The topological polar surface area (TPSA) is 117 Å². The molecule has 0 aliphatic heterocycles. The lowest BCUT2D eigenvalue weighted by molar-refractivity contribution is -0.155. The van der Waals surface area contributed by atoms with Crippen molar-refractivity contribution < 1.29 is 27.1 Å². The fourth-order valence-electron chi connectivity index (χ4n) is 3.57. The number of nitriles is 1. The summed E-state index contributed by atoms with van der Waals surface area (Å²) in [6, 6.07) is 5.71. The van der Waals surface area contributed by atoms with Gasteiger partial charge in [-0.15, -0.1) is 0 Å². The van der Waals surface area contributed by atoms with Gasteiger partial charge in [0.05, 0.1) is 6.07 Å². The normalized spacial score (nSPS) is 16.9. The maximum absolute atomic E-state index is 13.9. The molecule has 0 heterocycles. The average molecular weight is 454 g/mol. The van der Waals surface area contributed by atoms with Crippen LogP contribution in [0.25, 0.3) is 0 Å². The Bertz CT molecular complexity index is 952. The van der Waals surface area contributed by atoms with E-state index < -0.39 is 56.7 Å². The van der Waals surface area contributed by atoms with Crippen molar-refractivity contribution in [1.29, 1.82) is 5.26 Å². The molecule has 0 radical (unpaired) electrons. The van der Waals surface area contributed by atoms with Crippen LogP contribution in [-0.2, 0) is 24.3 Å². The number of nitrogens with one attached hydrogen (secondary N) is 1. The Kier molecular flexibility index (Phi) is 8.14. The van der Waals surface area contributed by atoms with Gasteiger partial charge in [-0.05, 0) is 30.9 Å². The highest BCUT2D eigenvalue weighted by Crippen LogP contribution is 2.32. The third-order valence-corrected chi connectivity index (χ3v) is 7.05. The maximum atomic E-state index is 13.9. The number of rotatable bonds is 8. The maximum Gasteiger partial charge on any atom is 0.324 e. The molecular formula is C21H28FN3O5S. The average Bonchev–Trinajstić information content (AvgIpc) is 2.75. The van der Waals surface area contributed by atoms with Gasteiger partial charge >= 0.3 is 5.97 Å². The van der Waals surface area contributed by atoms with Crippen LogP contribution >= 0.6 is 0 Å². The van der Waals surface area contributed by atoms with Crippen molar-refractivity contribution >= 4 is 21.9 Å². The van der Waals surface area contributed by atoms with Gasteiger partial charge in [0.15, 0.2) is 6.61 Å². The molecule has 8 nitrogen and oxygen atoms in total. The van der Waals surface area contributed by atoms with Crippen LogP contribution in [-0.4, -0.2) is 50.4 Å². The van der Waals surface area contributed by atoms with Gasteiger partial charge in [0.1, 0.15) is 22.3 Å². The zero-order valence-corrected chi connectivity index (χ0v) is 18.7. The molecule has 0 spiro atoms. The second-order valence-electron chi connectivity index (χ2n) is 8.04. The molecule has 170 valence electrons. The molecular weight excluding hydrogens is 425 g/mol. The number of amides is 1. The van der Waals surface area contributed by atoms with Gasteiger partial charge in [-0.3, -0.25) is 9.59 Å². The van der Waals surface area contributed by atoms with Crippen molar-refractivity contribution in [3.8, 4) is 6.07 Å². The van der Waals surface area contributed by atoms with Crippen molar-refractivity contribution in [3.63, 3.8) is 0 Å². The van der Waals surface area contributed by atoms with E-state index in [0.29, 0.717) is 12.8 Å². The van der Waals surface area contributed by atoms with Crippen LogP contribution in [0.3, 0.4) is 0 Å². The van der Waals surface area contributed by atoms with Gasteiger partial charge in [-0.2, -0.15) is 9.98 Å². The minimum atomic E-state index is -4.33. The van der Waals surface area contributed by atoms with Gasteiger partial charge in [-0.1, -0.05) is 45.2 Å². The number of hydrogen-bond acceptors (Lipinski definition) is 6. The Hall–Kier alpha value is -2.51. The fraction of sp³-hybridized carbons (Fsp3) is 0.571. The molecule has 1 atom stereocenters. The van der Waals surface area contributed by atoms with Crippen molar-refractivity contribution in [2.24, 2.45) is 5.92 Å². The van der Waals surface area contributed by atoms with Gasteiger partial charge in [0.2, 0.25) is 10.0 Å². The monoisotopic (exact) mass is 453 g/mol. The second kappa shape index (κ2) is 10.2. The van der Waals surface area contributed by atoms with Crippen molar-refractivity contribution in [3.05, 3.63) is 30.1 Å². The van der Waals surface area contributed by atoms with E-state index in [4.69, 9.17) is 4.74 Å². The number of sulfonamides is 1. The number of benzene rings is 1. The first-order valence-corrected chi connectivity index (χ1v) is 11.6. The minimum absolute atomic E-state index is 0.523. The van der Waals surface area contributed by atoms with Gasteiger partial charge in [0.25, 0.3) is 5.91 Å². The van der Waals surface area contributed by atoms with Crippen LogP contribution in [0, 0.1) is 23.1 Å². The summed E-state index contributed by atoms with van der Waals surface area (Å²) in [6.45, 7) is 2.57. The number of nitrogens with zero attached hydrogens (tertiary/aromatic N) is 2. The lowest BCUT2D eigenvalue weighted by Gasteiger charge is -2.38. The highest BCUT2D eigenvalue weighted by atomic mass is 32.2. The lowest BCUT2D eigenvalue weighted by atomic mass is 9.81. The molecule has 1 amide bonds. The molecule has 10 heteroatoms. The Morgan fingerprint density at radius 2 is 1.87 bits per heavy atom. The van der Waals surface area contributed by atoms with E-state index in [1.165, 1.54) is 24.1 Å². The quantitative estimate of drug-likeness (QED) is 0.604. The number of ether oxygens (including phenoxy) is 1. The third-order valence-electron chi connectivity index (χ3n) is 5.57. The first kappa shape index (κ1) is 24.8. The molecule has 1 saturated carbocycles. The Balaban J connectivity index is 2.07. The number of esters is 1. The molecule has 1 aliphatic carbocycles. The van der Waals surface area contributed by atoms with Crippen molar-refractivity contribution in [1.82, 2.24) is 9.62 Å².